The highest BCUT2D eigenvalue weighted by molar-refractivity contribution is 6.32. The monoisotopic (exact) mass is 450 g/mol. The largest absolute Gasteiger partial charge is 0.374 e. The number of hydrogen-bond donors (Lipinski definition) is 1. The number of carbonyl (C=O) groups is 1. The number of amides is 1. The molecule has 1 fully saturated rings. The average Bonchev–Trinajstić information content (AvgIpc) is 3.46. The Balaban J connectivity index is 1.57. The van der Waals surface area contributed by atoms with Crippen LogP contribution in [0, 0.1) is 13.8 Å². The van der Waals surface area contributed by atoms with Crippen LogP contribution >= 0.6 is 11.6 Å². The van der Waals surface area contributed by atoms with Crippen LogP contribution in [0.5, 0.6) is 0 Å². The lowest BCUT2D eigenvalue weighted by molar-refractivity contribution is -0.0467. The molecule has 0 bridgehead atoms. The van der Waals surface area contributed by atoms with Crippen molar-refractivity contribution in [2.45, 2.75) is 32.9 Å². The summed E-state index contributed by atoms with van der Waals surface area (Å²) >= 11 is 6.28. The third kappa shape index (κ3) is 3.55. The first-order valence-electron chi connectivity index (χ1n) is 10.5. The topological polar surface area (TPSA) is 88.9 Å². The molecule has 32 heavy (non-hydrogen) atoms. The Hall–Kier alpha value is -3.23. The summed E-state index contributed by atoms with van der Waals surface area (Å²) in [5.41, 5.74) is 4.77. The lowest BCUT2D eigenvalue weighted by Crippen LogP contribution is -2.47. The summed E-state index contributed by atoms with van der Waals surface area (Å²) in [5, 5.41) is 9.13. The van der Waals surface area contributed by atoms with E-state index in [1.807, 2.05) is 56.0 Å². The van der Waals surface area contributed by atoms with Crippen molar-refractivity contribution in [3.8, 4) is 5.69 Å². The van der Waals surface area contributed by atoms with Crippen molar-refractivity contribution in [2.24, 2.45) is 0 Å². The number of imidazole rings is 1. The number of fused-ring (bicyclic) bond motifs is 1. The minimum atomic E-state index is -0.357. The average molecular weight is 451 g/mol. The molecule has 4 aromatic rings. The second kappa shape index (κ2) is 8.03. The number of aromatic nitrogens is 5. The van der Waals surface area contributed by atoms with Gasteiger partial charge in [0.15, 0.2) is 0 Å². The van der Waals surface area contributed by atoms with E-state index < -0.39 is 0 Å². The third-order valence-corrected chi connectivity index (χ3v) is 6.23. The van der Waals surface area contributed by atoms with E-state index in [4.69, 9.17) is 21.3 Å². The number of carbonyl (C=O) groups excluding carboxylic acids is 1. The molecule has 1 aliphatic rings. The molecule has 2 atom stereocenters. The van der Waals surface area contributed by atoms with E-state index in [9.17, 15) is 4.79 Å². The van der Waals surface area contributed by atoms with Crippen molar-refractivity contribution in [3.63, 3.8) is 0 Å². The second-order valence-corrected chi connectivity index (χ2v) is 8.55. The molecular formula is C23H23ClN6O2. The molecule has 2 aromatic heterocycles. The van der Waals surface area contributed by atoms with Crippen LogP contribution < -0.4 is 0 Å². The summed E-state index contributed by atoms with van der Waals surface area (Å²) in [6, 6.07) is 9.06. The highest BCUT2D eigenvalue weighted by atomic mass is 35.5. The third-order valence-electron chi connectivity index (χ3n) is 5.82. The standard InChI is InChI=1S/C23H23ClN6O2/c1-13-4-5-16(19(10-13)30-25-8-9-26-30)23(31)29-11-14(2)32-12-20(29)22-27-18-7-6-17(24)15(3)21(18)28-22/h4-10,14,20H,11-12H2,1-3H3,(H,27,28)/t14-,20-/m0/s1. The minimum absolute atomic E-state index is 0.0903. The molecule has 1 aliphatic heterocycles. The summed E-state index contributed by atoms with van der Waals surface area (Å²) in [6.07, 6.45) is 3.10. The van der Waals surface area contributed by atoms with Crippen molar-refractivity contribution in [1.29, 1.82) is 0 Å². The molecule has 1 amide bonds. The molecule has 2 aromatic carbocycles. The predicted molar refractivity (Wildman–Crippen MR) is 121 cm³/mol. The molecule has 0 aliphatic carbocycles. The van der Waals surface area contributed by atoms with Crippen LogP contribution in [0.25, 0.3) is 16.7 Å². The molecule has 0 radical (unpaired) electrons. The van der Waals surface area contributed by atoms with Crippen LogP contribution in [0.4, 0.5) is 0 Å². The number of morpholine rings is 1. The fourth-order valence-electron chi connectivity index (χ4n) is 4.10. The summed E-state index contributed by atoms with van der Waals surface area (Å²) in [4.78, 5) is 25.3. The summed E-state index contributed by atoms with van der Waals surface area (Å²) in [6.45, 7) is 6.67. The molecule has 0 saturated carbocycles. The molecular weight excluding hydrogens is 428 g/mol. The Kier molecular flexibility index (Phi) is 5.19. The number of H-pyrrole nitrogens is 1. The van der Waals surface area contributed by atoms with Crippen molar-refractivity contribution in [1.82, 2.24) is 29.9 Å². The fourth-order valence-corrected chi connectivity index (χ4v) is 4.25. The smallest absolute Gasteiger partial charge is 0.256 e. The maximum absolute atomic E-state index is 13.8. The van der Waals surface area contributed by atoms with Gasteiger partial charge >= 0.3 is 0 Å². The van der Waals surface area contributed by atoms with E-state index in [0.29, 0.717) is 35.2 Å². The van der Waals surface area contributed by atoms with Gasteiger partial charge in [0, 0.05) is 11.6 Å². The van der Waals surface area contributed by atoms with Gasteiger partial charge in [0.2, 0.25) is 0 Å². The van der Waals surface area contributed by atoms with Gasteiger partial charge in [-0.05, 0) is 56.2 Å². The maximum atomic E-state index is 13.8. The van der Waals surface area contributed by atoms with Crippen molar-refractivity contribution in [3.05, 3.63) is 70.3 Å². The maximum Gasteiger partial charge on any atom is 0.256 e. The molecule has 9 heteroatoms. The number of ether oxygens (including phenoxy) is 1. The minimum Gasteiger partial charge on any atom is -0.374 e. The summed E-state index contributed by atoms with van der Waals surface area (Å²) in [7, 11) is 0. The Bertz CT molecular complexity index is 1300. The SMILES string of the molecule is Cc1ccc(C(=O)N2C[C@H](C)OC[C@H]2c2nc3c(C)c(Cl)ccc3[nH]2)c(-n2nccn2)c1. The highest BCUT2D eigenvalue weighted by Gasteiger charge is 2.35. The Morgan fingerprint density at radius 2 is 1.97 bits per heavy atom. The van der Waals surface area contributed by atoms with Gasteiger partial charge in [-0.1, -0.05) is 17.7 Å². The van der Waals surface area contributed by atoms with Gasteiger partial charge in [-0.3, -0.25) is 4.79 Å². The number of nitrogens with one attached hydrogen (secondary N) is 1. The first kappa shape index (κ1) is 20.7. The first-order valence-corrected chi connectivity index (χ1v) is 10.8. The highest BCUT2D eigenvalue weighted by Crippen LogP contribution is 2.31. The van der Waals surface area contributed by atoms with Crippen molar-refractivity contribution in [2.75, 3.05) is 13.2 Å². The zero-order valence-corrected chi connectivity index (χ0v) is 18.8. The van der Waals surface area contributed by atoms with E-state index in [2.05, 4.69) is 15.2 Å². The van der Waals surface area contributed by atoms with Gasteiger partial charge in [0.25, 0.3) is 5.91 Å². The van der Waals surface area contributed by atoms with Gasteiger partial charge in [0.05, 0.1) is 47.4 Å². The molecule has 0 spiro atoms. The molecule has 3 heterocycles. The molecule has 164 valence electrons. The number of rotatable bonds is 3. The van der Waals surface area contributed by atoms with E-state index >= 15 is 0 Å². The van der Waals surface area contributed by atoms with E-state index in [1.165, 1.54) is 4.80 Å². The van der Waals surface area contributed by atoms with Crippen LogP contribution in [0.2, 0.25) is 5.02 Å². The Morgan fingerprint density at radius 1 is 1.19 bits per heavy atom. The van der Waals surface area contributed by atoms with Crippen molar-refractivity contribution < 1.29 is 9.53 Å². The van der Waals surface area contributed by atoms with Crippen LogP contribution in [-0.2, 0) is 4.74 Å². The van der Waals surface area contributed by atoms with Crippen LogP contribution in [0.1, 0.15) is 40.3 Å². The fraction of sp³-hybridized carbons (Fsp3) is 0.304. The normalized spacial score (nSPS) is 18.9. The van der Waals surface area contributed by atoms with Crippen LogP contribution in [0.3, 0.4) is 0 Å². The molecule has 1 saturated heterocycles. The van der Waals surface area contributed by atoms with E-state index in [-0.39, 0.29) is 18.1 Å². The molecule has 1 N–H and O–H groups in total. The number of nitrogens with zero attached hydrogens (tertiary/aromatic N) is 5. The molecule has 8 nitrogen and oxygen atoms in total. The quantitative estimate of drug-likeness (QED) is 0.509. The van der Waals surface area contributed by atoms with Gasteiger partial charge in [0.1, 0.15) is 11.9 Å². The summed E-state index contributed by atoms with van der Waals surface area (Å²) in [5.74, 6) is 0.559. The molecule has 0 unspecified atom stereocenters. The van der Waals surface area contributed by atoms with Gasteiger partial charge < -0.3 is 14.6 Å². The lowest BCUT2D eigenvalue weighted by atomic mass is 10.1. The second-order valence-electron chi connectivity index (χ2n) is 8.15. The van der Waals surface area contributed by atoms with Gasteiger partial charge in [-0.2, -0.15) is 15.0 Å². The number of aromatic amines is 1. The predicted octanol–water partition coefficient (Wildman–Crippen LogP) is 4.02. The van der Waals surface area contributed by atoms with Gasteiger partial charge in [-0.25, -0.2) is 4.98 Å². The van der Waals surface area contributed by atoms with E-state index in [1.54, 1.807) is 12.4 Å². The molecule has 5 rings (SSSR count). The van der Waals surface area contributed by atoms with Gasteiger partial charge in [-0.15, -0.1) is 0 Å². The zero-order chi connectivity index (χ0) is 22.4. The Labute approximate surface area is 190 Å². The number of hydrogen-bond acceptors (Lipinski definition) is 5. The number of halogens is 1. The van der Waals surface area contributed by atoms with Crippen molar-refractivity contribution >= 4 is 28.5 Å². The summed E-state index contributed by atoms with van der Waals surface area (Å²) < 4.78 is 5.92. The number of aryl methyl sites for hydroxylation is 2. The lowest BCUT2D eigenvalue weighted by Gasteiger charge is -2.38. The zero-order valence-electron chi connectivity index (χ0n) is 18.0. The Morgan fingerprint density at radius 3 is 2.75 bits per heavy atom. The first-order chi connectivity index (χ1) is 15.4. The van der Waals surface area contributed by atoms with Crippen LogP contribution in [0.15, 0.2) is 42.7 Å². The number of benzene rings is 2. The van der Waals surface area contributed by atoms with Crippen LogP contribution in [-0.4, -0.2) is 55.0 Å². The van der Waals surface area contributed by atoms with E-state index in [0.717, 1.165) is 22.2 Å².